The van der Waals surface area contributed by atoms with Crippen molar-refractivity contribution in [3.63, 3.8) is 0 Å². The highest BCUT2D eigenvalue weighted by Crippen LogP contribution is 2.14. The molecule has 18 heavy (non-hydrogen) atoms. The van der Waals surface area contributed by atoms with Crippen LogP contribution in [-0.4, -0.2) is 82.1 Å². The molecular weight excluding hydrogens is 250 g/mol. The molecule has 0 aromatic heterocycles. The van der Waals surface area contributed by atoms with Crippen molar-refractivity contribution in [3.05, 3.63) is 0 Å². The van der Waals surface area contributed by atoms with E-state index in [2.05, 4.69) is 22.2 Å². The molecule has 0 radical (unpaired) electrons. The second-order valence-corrected chi connectivity index (χ2v) is 7.86. The van der Waals surface area contributed by atoms with Crippen LogP contribution in [0, 0.1) is 0 Å². The Morgan fingerprint density at radius 1 is 1.11 bits per heavy atom. The lowest BCUT2D eigenvalue weighted by atomic mass is 10.2. The molecule has 2 rings (SSSR count). The molecule has 2 saturated heterocycles. The zero-order chi connectivity index (χ0) is 13.0. The van der Waals surface area contributed by atoms with Crippen LogP contribution in [0.1, 0.15) is 12.8 Å². The monoisotopic (exact) mass is 275 g/mol. The molecule has 0 aliphatic carbocycles. The van der Waals surface area contributed by atoms with Crippen LogP contribution in [0.4, 0.5) is 0 Å². The second kappa shape index (κ2) is 6.32. The molecule has 5 nitrogen and oxygen atoms in total. The van der Waals surface area contributed by atoms with Crippen LogP contribution < -0.4 is 5.32 Å². The Balaban J connectivity index is 1.77. The van der Waals surface area contributed by atoms with E-state index in [1.165, 1.54) is 0 Å². The van der Waals surface area contributed by atoms with Crippen LogP contribution in [0.15, 0.2) is 0 Å². The summed E-state index contributed by atoms with van der Waals surface area (Å²) < 4.78 is 24.5. The molecule has 6 heteroatoms. The highest BCUT2D eigenvalue weighted by atomic mass is 32.2. The first-order valence-electron chi connectivity index (χ1n) is 6.91. The molecule has 0 bridgehead atoms. The van der Waals surface area contributed by atoms with Gasteiger partial charge in [-0.2, -0.15) is 0 Å². The van der Waals surface area contributed by atoms with Gasteiger partial charge >= 0.3 is 0 Å². The number of likely N-dealkylation sites (N-methyl/N-ethyl adjacent to an activating group) is 1. The average molecular weight is 275 g/mol. The van der Waals surface area contributed by atoms with Crippen LogP contribution in [-0.2, 0) is 9.84 Å². The van der Waals surface area contributed by atoms with Gasteiger partial charge in [-0.25, -0.2) is 8.42 Å². The van der Waals surface area contributed by atoms with Crippen molar-refractivity contribution in [1.29, 1.82) is 0 Å². The molecule has 0 amide bonds. The lowest BCUT2D eigenvalue weighted by Gasteiger charge is -2.32. The van der Waals surface area contributed by atoms with E-state index in [1.807, 2.05) is 0 Å². The molecule has 0 atom stereocenters. The van der Waals surface area contributed by atoms with Crippen LogP contribution in [0.5, 0.6) is 0 Å². The molecule has 0 aromatic carbocycles. The third kappa shape index (κ3) is 3.91. The summed E-state index contributed by atoms with van der Waals surface area (Å²) in [7, 11) is -0.777. The summed E-state index contributed by atoms with van der Waals surface area (Å²) in [6.45, 7) is 6.49. The minimum atomic E-state index is -2.89. The van der Waals surface area contributed by atoms with E-state index in [4.69, 9.17) is 0 Å². The Labute approximate surface area is 110 Å². The molecule has 1 N–H and O–H groups in total. The minimum Gasteiger partial charge on any atom is -0.317 e. The van der Waals surface area contributed by atoms with E-state index in [0.717, 1.165) is 52.1 Å². The third-order valence-electron chi connectivity index (χ3n) is 4.08. The highest BCUT2D eigenvalue weighted by molar-refractivity contribution is 7.92. The van der Waals surface area contributed by atoms with Gasteiger partial charge in [-0.3, -0.25) is 4.90 Å². The number of nitrogens with zero attached hydrogens (tertiary/aromatic N) is 2. The van der Waals surface area contributed by atoms with Gasteiger partial charge in [0.15, 0.2) is 9.84 Å². The fraction of sp³-hybridized carbons (Fsp3) is 1.00. The van der Waals surface area contributed by atoms with E-state index < -0.39 is 9.84 Å². The number of hydrogen-bond donors (Lipinski definition) is 1. The second-order valence-electron chi connectivity index (χ2n) is 5.46. The Morgan fingerprint density at radius 2 is 1.72 bits per heavy atom. The lowest BCUT2D eigenvalue weighted by molar-refractivity contribution is 0.161. The SMILES string of the molecule is CN1CCN(CCS(=O)(=O)C2CCNCC2)CC1. The van der Waals surface area contributed by atoms with Crippen molar-refractivity contribution in [1.82, 2.24) is 15.1 Å². The summed E-state index contributed by atoms with van der Waals surface area (Å²) in [6.07, 6.45) is 1.57. The van der Waals surface area contributed by atoms with Gasteiger partial charge in [0, 0.05) is 32.7 Å². The highest BCUT2D eigenvalue weighted by Gasteiger charge is 2.27. The van der Waals surface area contributed by atoms with Gasteiger partial charge < -0.3 is 10.2 Å². The van der Waals surface area contributed by atoms with Gasteiger partial charge in [0.1, 0.15) is 0 Å². The van der Waals surface area contributed by atoms with Crippen molar-refractivity contribution in [3.8, 4) is 0 Å². The van der Waals surface area contributed by atoms with E-state index in [9.17, 15) is 8.42 Å². The van der Waals surface area contributed by atoms with Gasteiger partial charge in [-0.1, -0.05) is 0 Å². The van der Waals surface area contributed by atoms with E-state index in [-0.39, 0.29) is 5.25 Å². The average Bonchev–Trinajstić information content (AvgIpc) is 2.39. The maximum Gasteiger partial charge on any atom is 0.154 e. The Kier molecular flexibility index (Phi) is 5.00. The predicted molar refractivity (Wildman–Crippen MR) is 73.6 cm³/mol. The first-order valence-corrected chi connectivity index (χ1v) is 8.63. The molecule has 0 aromatic rings. The van der Waals surface area contributed by atoms with Gasteiger partial charge in [0.2, 0.25) is 0 Å². The Hall–Kier alpha value is -0.170. The van der Waals surface area contributed by atoms with Crippen molar-refractivity contribution in [2.45, 2.75) is 18.1 Å². The fourth-order valence-electron chi connectivity index (χ4n) is 2.65. The number of piperazine rings is 1. The maximum atomic E-state index is 12.2. The standard InChI is InChI=1S/C12H25N3O2S/c1-14-6-8-15(9-7-14)10-11-18(16,17)12-2-4-13-5-3-12/h12-13H,2-11H2,1H3. The minimum absolute atomic E-state index is 0.105. The number of hydrogen-bond acceptors (Lipinski definition) is 5. The number of nitrogens with one attached hydrogen (secondary N) is 1. The Morgan fingerprint density at radius 3 is 2.33 bits per heavy atom. The fourth-order valence-corrected chi connectivity index (χ4v) is 4.45. The zero-order valence-corrected chi connectivity index (χ0v) is 12.1. The molecule has 2 aliphatic rings. The summed E-state index contributed by atoms with van der Waals surface area (Å²) in [5, 5.41) is 3.11. The van der Waals surface area contributed by atoms with Crippen molar-refractivity contribution in [2.24, 2.45) is 0 Å². The van der Waals surface area contributed by atoms with Gasteiger partial charge in [0.05, 0.1) is 11.0 Å². The number of piperidine rings is 1. The van der Waals surface area contributed by atoms with Crippen molar-refractivity contribution < 1.29 is 8.42 Å². The summed E-state index contributed by atoms with van der Waals surface area (Å²) in [6, 6.07) is 0. The van der Waals surface area contributed by atoms with E-state index >= 15 is 0 Å². The molecular formula is C12H25N3O2S. The van der Waals surface area contributed by atoms with E-state index in [1.54, 1.807) is 0 Å². The smallest absolute Gasteiger partial charge is 0.154 e. The first kappa shape index (κ1) is 14.2. The Bertz CT molecular complexity index is 344. The maximum absolute atomic E-state index is 12.2. The molecule has 106 valence electrons. The summed E-state index contributed by atoms with van der Waals surface area (Å²) >= 11 is 0. The summed E-state index contributed by atoms with van der Waals surface area (Å²) in [5.41, 5.74) is 0. The van der Waals surface area contributed by atoms with Crippen molar-refractivity contribution in [2.75, 3.05) is 58.6 Å². The first-order chi connectivity index (χ1) is 8.58. The molecule has 2 fully saturated rings. The molecule has 0 saturated carbocycles. The molecule has 0 unspecified atom stereocenters. The van der Waals surface area contributed by atoms with Crippen LogP contribution in [0.3, 0.4) is 0 Å². The van der Waals surface area contributed by atoms with Crippen molar-refractivity contribution >= 4 is 9.84 Å². The topological polar surface area (TPSA) is 52.7 Å². The normalized spacial score (nSPS) is 25.4. The number of sulfone groups is 1. The summed E-state index contributed by atoms with van der Waals surface area (Å²) in [4.78, 5) is 4.57. The number of rotatable bonds is 4. The molecule has 2 heterocycles. The van der Waals surface area contributed by atoms with Crippen LogP contribution >= 0.6 is 0 Å². The van der Waals surface area contributed by atoms with Crippen LogP contribution in [0.2, 0.25) is 0 Å². The van der Waals surface area contributed by atoms with E-state index in [0.29, 0.717) is 12.3 Å². The molecule has 2 aliphatic heterocycles. The lowest BCUT2D eigenvalue weighted by Crippen LogP contribution is -2.46. The van der Waals surface area contributed by atoms with Gasteiger partial charge in [-0.15, -0.1) is 0 Å². The van der Waals surface area contributed by atoms with Gasteiger partial charge in [0.25, 0.3) is 0 Å². The third-order valence-corrected chi connectivity index (χ3v) is 6.32. The largest absolute Gasteiger partial charge is 0.317 e. The van der Waals surface area contributed by atoms with Crippen LogP contribution in [0.25, 0.3) is 0 Å². The zero-order valence-electron chi connectivity index (χ0n) is 11.3. The predicted octanol–water partition coefficient (Wildman–Crippen LogP) is -0.599. The molecule has 0 spiro atoms. The summed E-state index contributed by atoms with van der Waals surface area (Å²) in [5.74, 6) is 0.335. The van der Waals surface area contributed by atoms with Gasteiger partial charge in [-0.05, 0) is 33.0 Å². The quantitative estimate of drug-likeness (QED) is 0.742.